The molecule has 1 aliphatic heterocycles. The van der Waals surface area contributed by atoms with E-state index in [0.717, 1.165) is 29.6 Å². The van der Waals surface area contributed by atoms with Crippen LogP contribution in [-0.2, 0) is 11.3 Å². The Morgan fingerprint density at radius 3 is 3.19 bits per heavy atom. The van der Waals surface area contributed by atoms with Gasteiger partial charge in [-0.3, -0.25) is 9.69 Å². The van der Waals surface area contributed by atoms with Crippen LogP contribution in [0.4, 0.5) is 0 Å². The lowest BCUT2D eigenvalue weighted by Crippen LogP contribution is -2.45. The number of ketones is 1. The van der Waals surface area contributed by atoms with E-state index >= 15 is 0 Å². The number of thiazole rings is 1. The average Bonchev–Trinajstić information content (AvgIpc) is 3.13. The van der Waals surface area contributed by atoms with Gasteiger partial charge in [0.25, 0.3) is 0 Å². The van der Waals surface area contributed by atoms with Gasteiger partial charge >= 0.3 is 0 Å². The number of nitrogens with zero attached hydrogens (tertiary/aromatic N) is 2. The van der Waals surface area contributed by atoms with E-state index in [0.29, 0.717) is 13.0 Å². The molecular formula is C15H18N2O2S2. The molecule has 2 aromatic heterocycles. The van der Waals surface area contributed by atoms with E-state index in [9.17, 15) is 4.79 Å². The first kappa shape index (κ1) is 14.8. The molecule has 0 saturated carbocycles. The van der Waals surface area contributed by atoms with Gasteiger partial charge in [0.05, 0.1) is 24.6 Å². The van der Waals surface area contributed by atoms with Crippen molar-refractivity contribution in [2.45, 2.75) is 25.9 Å². The number of aromatic nitrogens is 1. The number of rotatable bonds is 5. The highest BCUT2D eigenvalue weighted by molar-refractivity contribution is 7.12. The first-order valence-corrected chi connectivity index (χ1v) is 8.72. The van der Waals surface area contributed by atoms with Crippen molar-refractivity contribution < 1.29 is 9.53 Å². The molecule has 1 atom stereocenters. The molecule has 0 bridgehead atoms. The Bertz CT molecular complexity index is 595. The summed E-state index contributed by atoms with van der Waals surface area (Å²) in [5.74, 6) is 0.209. The molecule has 3 heterocycles. The Morgan fingerprint density at radius 2 is 2.48 bits per heavy atom. The van der Waals surface area contributed by atoms with Crippen LogP contribution in [0.5, 0.6) is 0 Å². The van der Waals surface area contributed by atoms with E-state index in [1.54, 1.807) is 11.3 Å². The van der Waals surface area contributed by atoms with Crippen molar-refractivity contribution in [1.29, 1.82) is 0 Å². The van der Waals surface area contributed by atoms with E-state index in [-0.39, 0.29) is 11.8 Å². The molecule has 0 unspecified atom stereocenters. The van der Waals surface area contributed by atoms with Crippen molar-refractivity contribution in [3.63, 3.8) is 0 Å². The topological polar surface area (TPSA) is 42.4 Å². The second-order valence-corrected chi connectivity index (χ2v) is 7.44. The SMILES string of the molecule is Cc1cnc(CN2CCOC[C@@H]2CC(=O)c2cccs2)s1. The van der Waals surface area contributed by atoms with Crippen LogP contribution in [-0.4, -0.2) is 41.5 Å². The molecule has 0 aliphatic carbocycles. The zero-order valence-corrected chi connectivity index (χ0v) is 13.6. The fraction of sp³-hybridized carbons (Fsp3) is 0.467. The fourth-order valence-electron chi connectivity index (χ4n) is 2.49. The van der Waals surface area contributed by atoms with Gasteiger partial charge in [-0.05, 0) is 18.4 Å². The van der Waals surface area contributed by atoms with E-state index in [1.807, 2.05) is 23.7 Å². The highest BCUT2D eigenvalue weighted by Gasteiger charge is 2.26. The van der Waals surface area contributed by atoms with Crippen molar-refractivity contribution in [2.75, 3.05) is 19.8 Å². The number of Topliss-reactive ketones (excluding diaryl/α,β-unsaturated/α-hetero) is 1. The predicted octanol–water partition coefficient (Wildman–Crippen LogP) is 2.99. The van der Waals surface area contributed by atoms with Crippen molar-refractivity contribution in [3.05, 3.63) is 38.5 Å². The molecule has 4 nitrogen and oxygen atoms in total. The zero-order valence-electron chi connectivity index (χ0n) is 11.9. The molecule has 0 amide bonds. The van der Waals surface area contributed by atoms with Crippen LogP contribution in [0.3, 0.4) is 0 Å². The second kappa shape index (κ2) is 6.79. The van der Waals surface area contributed by atoms with Crippen molar-refractivity contribution in [2.24, 2.45) is 0 Å². The van der Waals surface area contributed by atoms with Gasteiger partial charge < -0.3 is 4.74 Å². The van der Waals surface area contributed by atoms with Crippen molar-refractivity contribution in [3.8, 4) is 0 Å². The van der Waals surface area contributed by atoms with E-state index in [2.05, 4.69) is 16.8 Å². The van der Waals surface area contributed by atoms with Crippen LogP contribution in [0.1, 0.15) is 26.0 Å². The van der Waals surface area contributed by atoms with E-state index < -0.39 is 0 Å². The summed E-state index contributed by atoms with van der Waals surface area (Å²) in [5.41, 5.74) is 0. The van der Waals surface area contributed by atoms with Crippen LogP contribution in [0.2, 0.25) is 0 Å². The average molecular weight is 322 g/mol. The van der Waals surface area contributed by atoms with Crippen LogP contribution >= 0.6 is 22.7 Å². The molecule has 0 N–H and O–H groups in total. The number of aryl methyl sites for hydroxylation is 1. The maximum Gasteiger partial charge on any atom is 0.174 e. The van der Waals surface area contributed by atoms with Gasteiger partial charge in [0.15, 0.2) is 5.78 Å². The number of carbonyl (C=O) groups excluding carboxylic acids is 1. The number of carbonyl (C=O) groups is 1. The summed E-state index contributed by atoms with van der Waals surface area (Å²) >= 11 is 3.23. The molecule has 0 radical (unpaired) electrons. The third kappa shape index (κ3) is 3.77. The monoisotopic (exact) mass is 322 g/mol. The van der Waals surface area contributed by atoms with Crippen molar-refractivity contribution >= 4 is 28.5 Å². The summed E-state index contributed by atoms with van der Waals surface area (Å²) in [7, 11) is 0. The van der Waals surface area contributed by atoms with E-state index in [4.69, 9.17) is 4.74 Å². The van der Waals surface area contributed by atoms with Crippen LogP contribution in [0.15, 0.2) is 23.7 Å². The molecule has 3 rings (SSSR count). The predicted molar refractivity (Wildman–Crippen MR) is 85.1 cm³/mol. The molecular weight excluding hydrogens is 304 g/mol. The largest absolute Gasteiger partial charge is 0.378 e. The minimum Gasteiger partial charge on any atom is -0.378 e. The molecule has 1 aliphatic rings. The van der Waals surface area contributed by atoms with Gasteiger partial charge in [-0.2, -0.15) is 0 Å². The number of thiophene rings is 1. The summed E-state index contributed by atoms with van der Waals surface area (Å²) in [6.45, 7) is 5.10. The highest BCUT2D eigenvalue weighted by atomic mass is 32.1. The lowest BCUT2D eigenvalue weighted by Gasteiger charge is -2.34. The maximum absolute atomic E-state index is 12.3. The maximum atomic E-state index is 12.3. The second-order valence-electron chi connectivity index (χ2n) is 5.17. The third-order valence-corrected chi connectivity index (χ3v) is 5.38. The minimum atomic E-state index is 0.151. The number of hydrogen-bond donors (Lipinski definition) is 0. The lowest BCUT2D eigenvalue weighted by atomic mass is 10.1. The molecule has 112 valence electrons. The van der Waals surface area contributed by atoms with Gasteiger partial charge in [-0.25, -0.2) is 4.98 Å². The fourth-order valence-corrected chi connectivity index (χ4v) is 3.97. The smallest absolute Gasteiger partial charge is 0.174 e. The first-order valence-electron chi connectivity index (χ1n) is 7.02. The standard InChI is InChI=1S/C15H18N2O2S2/c1-11-8-16-15(21-11)9-17-4-5-19-10-12(17)7-13(18)14-3-2-6-20-14/h2-3,6,8,12H,4-5,7,9-10H2,1H3/t12-/m0/s1. The summed E-state index contributed by atoms with van der Waals surface area (Å²) in [6, 6.07) is 3.97. The number of morpholine rings is 1. The Labute approximate surface area is 132 Å². The zero-order chi connectivity index (χ0) is 14.7. The summed E-state index contributed by atoms with van der Waals surface area (Å²) in [4.78, 5) is 21.1. The van der Waals surface area contributed by atoms with Crippen LogP contribution in [0.25, 0.3) is 0 Å². The van der Waals surface area contributed by atoms with Crippen LogP contribution < -0.4 is 0 Å². The molecule has 6 heteroatoms. The van der Waals surface area contributed by atoms with Crippen LogP contribution in [0, 0.1) is 6.92 Å². The molecule has 21 heavy (non-hydrogen) atoms. The summed E-state index contributed by atoms with van der Waals surface area (Å²) < 4.78 is 5.57. The quantitative estimate of drug-likeness (QED) is 0.794. The molecule has 2 aromatic rings. The normalized spacial score (nSPS) is 19.8. The van der Waals surface area contributed by atoms with E-state index in [1.165, 1.54) is 16.2 Å². The Morgan fingerprint density at radius 1 is 1.57 bits per heavy atom. The van der Waals surface area contributed by atoms with Gasteiger partial charge in [0, 0.05) is 30.1 Å². The molecule has 1 fully saturated rings. The van der Waals surface area contributed by atoms with Gasteiger partial charge in [0.1, 0.15) is 5.01 Å². The first-order chi connectivity index (χ1) is 10.2. The molecule has 0 aromatic carbocycles. The minimum absolute atomic E-state index is 0.151. The number of hydrogen-bond acceptors (Lipinski definition) is 6. The van der Waals surface area contributed by atoms with Gasteiger partial charge in [-0.1, -0.05) is 6.07 Å². The van der Waals surface area contributed by atoms with Gasteiger partial charge in [-0.15, -0.1) is 22.7 Å². The lowest BCUT2D eigenvalue weighted by molar-refractivity contribution is -0.0125. The summed E-state index contributed by atoms with van der Waals surface area (Å²) in [5, 5.41) is 3.06. The Balaban J connectivity index is 1.65. The summed E-state index contributed by atoms with van der Waals surface area (Å²) in [6.07, 6.45) is 2.43. The Hall–Kier alpha value is -1.08. The van der Waals surface area contributed by atoms with Gasteiger partial charge in [0.2, 0.25) is 0 Å². The molecule has 1 saturated heterocycles. The van der Waals surface area contributed by atoms with Crippen molar-refractivity contribution in [1.82, 2.24) is 9.88 Å². The number of ether oxygens (including phenoxy) is 1. The molecule has 0 spiro atoms. The Kier molecular flexibility index (Phi) is 4.80. The highest BCUT2D eigenvalue weighted by Crippen LogP contribution is 2.21. The third-order valence-electron chi connectivity index (χ3n) is 3.57.